The summed E-state index contributed by atoms with van der Waals surface area (Å²) < 4.78 is 4.94. The molecular formula is C11H8O3. The number of hydrogen-bond acceptors (Lipinski definition) is 3. The molecule has 0 radical (unpaired) electrons. The summed E-state index contributed by atoms with van der Waals surface area (Å²) in [5.74, 6) is -0.0431. The Kier molecular flexibility index (Phi) is 1.93. The van der Waals surface area contributed by atoms with Gasteiger partial charge in [-0.05, 0) is 19.1 Å². The number of ketones is 1. The first-order valence-electron chi connectivity index (χ1n) is 4.22. The lowest BCUT2D eigenvalue weighted by Gasteiger charge is -1.97. The lowest BCUT2D eigenvalue weighted by Crippen LogP contribution is -1.96. The quantitative estimate of drug-likeness (QED) is 0.508. The molecule has 70 valence electrons. The summed E-state index contributed by atoms with van der Waals surface area (Å²) in [7, 11) is 0. The van der Waals surface area contributed by atoms with Crippen molar-refractivity contribution in [3.8, 4) is 0 Å². The summed E-state index contributed by atoms with van der Waals surface area (Å²) in [5.41, 5.74) is 0.593. The lowest BCUT2D eigenvalue weighted by atomic mass is 10.1. The van der Waals surface area contributed by atoms with Crippen LogP contribution in [0.25, 0.3) is 11.0 Å². The van der Waals surface area contributed by atoms with Gasteiger partial charge < -0.3 is 4.42 Å². The van der Waals surface area contributed by atoms with E-state index >= 15 is 0 Å². The van der Waals surface area contributed by atoms with Crippen molar-refractivity contribution >= 4 is 16.8 Å². The predicted octanol–water partition coefficient (Wildman–Crippen LogP) is 2.00. The second-order valence-electron chi connectivity index (χ2n) is 3.06. The molecule has 0 saturated carbocycles. The maximum atomic E-state index is 11.1. The van der Waals surface area contributed by atoms with Crippen LogP contribution in [0.15, 0.2) is 39.5 Å². The number of Topliss-reactive ketones (excluding diaryl/α,β-unsaturated/α-hetero) is 1. The molecule has 3 nitrogen and oxygen atoms in total. The minimum atomic E-state index is -0.404. The van der Waals surface area contributed by atoms with Crippen LogP contribution in [0.4, 0.5) is 0 Å². The zero-order valence-corrected chi connectivity index (χ0v) is 7.61. The SMILES string of the molecule is CC(=O)c1ccc2ccc(=O)oc2c1. The van der Waals surface area contributed by atoms with Crippen LogP contribution in [0.5, 0.6) is 0 Å². The zero-order chi connectivity index (χ0) is 10.1. The topological polar surface area (TPSA) is 47.3 Å². The summed E-state index contributed by atoms with van der Waals surface area (Å²) in [6.07, 6.45) is 0. The fourth-order valence-corrected chi connectivity index (χ4v) is 1.28. The first-order valence-corrected chi connectivity index (χ1v) is 4.22. The fraction of sp³-hybridized carbons (Fsp3) is 0.0909. The van der Waals surface area contributed by atoms with Gasteiger partial charge >= 0.3 is 5.63 Å². The number of rotatable bonds is 1. The Morgan fingerprint density at radius 1 is 1.21 bits per heavy atom. The molecule has 1 aromatic carbocycles. The number of carbonyl (C=O) groups is 1. The molecule has 0 unspecified atom stereocenters. The van der Waals surface area contributed by atoms with Gasteiger partial charge in [0.05, 0.1) is 0 Å². The van der Waals surface area contributed by atoms with Crippen LogP contribution in [-0.2, 0) is 0 Å². The summed E-state index contributed by atoms with van der Waals surface area (Å²) in [4.78, 5) is 22.0. The molecule has 0 aliphatic rings. The molecule has 0 N–H and O–H groups in total. The zero-order valence-electron chi connectivity index (χ0n) is 7.61. The van der Waals surface area contributed by atoms with Crippen molar-refractivity contribution in [3.05, 3.63) is 46.3 Å². The third kappa shape index (κ3) is 1.44. The van der Waals surface area contributed by atoms with Gasteiger partial charge in [-0.2, -0.15) is 0 Å². The highest BCUT2D eigenvalue weighted by molar-refractivity contribution is 5.97. The van der Waals surface area contributed by atoms with Crippen LogP contribution < -0.4 is 5.63 Å². The number of fused-ring (bicyclic) bond motifs is 1. The molecule has 0 atom stereocenters. The third-order valence-electron chi connectivity index (χ3n) is 2.03. The van der Waals surface area contributed by atoms with Crippen molar-refractivity contribution in [2.45, 2.75) is 6.92 Å². The smallest absolute Gasteiger partial charge is 0.336 e. The maximum absolute atomic E-state index is 11.1. The van der Waals surface area contributed by atoms with Gasteiger partial charge in [0.15, 0.2) is 5.78 Å². The van der Waals surface area contributed by atoms with Crippen LogP contribution in [0.1, 0.15) is 17.3 Å². The van der Waals surface area contributed by atoms with Gasteiger partial charge in [-0.25, -0.2) is 4.79 Å². The van der Waals surface area contributed by atoms with Crippen molar-refractivity contribution in [1.82, 2.24) is 0 Å². The second kappa shape index (κ2) is 3.10. The molecule has 0 fully saturated rings. The van der Waals surface area contributed by atoms with Gasteiger partial charge in [-0.15, -0.1) is 0 Å². The molecule has 14 heavy (non-hydrogen) atoms. The molecule has 2 aromatic rings. The molecule has 2 rings (SSSR count). The van der Waals surface area contributed by atoms with Crippen molar-refractivity contribution in [3.63, 3.8) is 0 Å². The summed E-state index contributed by atoms with van der Waals surface area (Å²) in [6, 6.07) is 8.08. The molecule has 1 aromatic heterocycles. The Morgan fingerprint density at radius 2 is 1.93 bits per heavy atom. The third-order valence-corrected chi connectivity index (χ3v) is 2.03. The first-order chi connectivity index (χ1) is 6.66. The van der Waals surface area contributed by atoms with E-state index in [1.165, 1.54) is 13.0 Å². The van der Waals surface area contributed by atoms with Crippen LogP contribution in [0.2, 0.25) is 0 Å². The van der Waals surface area contributed by atoms with Crippen molar-refractivity contribution < 1.29 is 9.21 Å². The van der Waals surface area contributed by atoms with E-state index in [0.717, 1.165) is 5.39 Å². The number of benzene rings is 1. The molecule has 0 spiro atoms. The summed E-state index contributed by atoms with van der Waals surface area (Å²) >= 11 is 0. The normalized spacial score (nSPS) is 10.4. The van der Waals surface area contributed by atoms with E-state index in [1.807, 2.05) is 0 Å². The highest BCUT2D eigenvalue weighted by atomic mass is 16.4. The average Bonchev–Trinajstić information content (AvgIpc) is 2.16. The first kappa shape index (κ1) is 8.69. The van der Waals surface area contributed by atoms with E-state index in [9.17, 15) is 9.59 Å². The van der Waals surface area contributed by atoms with Crippen molar-refractivity contribution in [1.29, 1.82) is 0 Å². The minimum Gasteiger partial charge on any atom is -0.423 e. The van der Waals surface area contributed by atoms with E-state index in [-0.39, 0.29) is 5.78 Å². The Balaban J connectivity index is 2.75. The van der Waals surface area contributed by atoms with Gasteiger partial charge in [0.2, 0.25) is 0 Å². The van der Waals surface area contributed by atoms with Gasteiger partial charge in [0, 0.05) is 17.0 Å². The van der Waals surface area contributed by atoms with Crippen molar-refractivity contribution in [2.75, 3.05) is 0 Å². The fourth-order valence-electron chi connectivity index (χ4n) is 1.28. The number of hydrogen-bond donors (Lipinski definition) is 0. The highest BCUT2D eigenvalue weighted by Gasteiger charge is 2.02. The van der Waals surface area contributed by atoms with Gasteiger partial charge in [-0.3, -0.25) is 4.79 Å². The van der Waals surface area contributed by atoms with E-state index in [4.69, 9.17) is 4.42 Å². The Bertz CT molecular complexity index is 552. The molecule has 0 saturated heterocycles. The van der Waals surface area contributed by atoms with E-state index in [2.05, 4.69) is 0 Å². The predicted molar refractivity (Wildman–Crippen MR) is 52.5 cm³/mol. The Morgan fingerprint density at radius 3 is 2.64 bits per heavy atom. The van der Waals surface area contributed by atoms with Crippen LogP contribution in [-0.4, -0.2) is 5.78 Å². The van der Waals surface area contributed by atoms with E-state index < -0.39 is 5.63 Å². The van der Waals surface area contributed by atoms with E-state index in [1.54, 1.807) is 24.3 Å². The van der Waals surface area contributed by atoms with Crippen molar-refractivity contribution in [2.24, 2.45) is 0 Å². The molecule has 0 aliphatic heterocycles. The monoisotopic (exact) mass is 188 g/mol. The van der Waals surface area contributed by atoms with Crippen LogP contribution in [0, 0.1) is 0 Å². The number of carbonyl (C=O) groups excluding carboxylic acids is 1. The highest BCUT2D eigenvalue weighted by Crippen LogP contribution is 2.14. The minimum absolute atomic E-state index is 0.0431. The van der Waals surface area contributed by atoms with Gasteiger partial charge in [0.1, 0.15) is 5.58 Å². The molecule has 1 heterocycles. The largest absolute Gasteiger partial charge is 0.423 e. The van der Waals surface area contributed by atoms with Crippen LogP contribution >= 0.6 is 0 Å². The summed E-state index contributed by atoms with van der Waals surface area (Å²) in [6.45, 7) is 1.47. The van der Waals surface area contributed by atoms with Gasteiger partial charge in [0.25, 0.3) is 0 Å². The molecule has 0 bridgehead atoms. The molecule has 0 amide bonds. The van der Waals surface area contributed by atoms with Gasteiger partial charge in [-0.1, -0.05) is 12.1 Å². The molecule has 0 aliphatic carbocycles. The van der Waals surface area contributed by atoms with Crippen LogP contribution in [0.3, 0.4) is 0 Å². The summed E-state index contributed by atoms with van der Waals surface area (Å²) in [5, 5.41) is 0.814. The average molecular weight is 188 g/mol. The second-order valence-corrected chi connectivity index (χ2v) is 3.06. The van der Waals surface area contributed by atoms with E-state index in [0.29, 0.717) is 11.1 Å². The Hall–Kier alpha value is -1.90. The molecular weight excluding hydrogens is 180 g/mol. The molecule has 3 heteroatoms. The standard InChI is InChI=1S/C11H8O3/c1-7(12)9-3-2-8-4-5-11(13)14-10(8)6-9/h2-6H,1H3. The maximum Gasteiger partial charge on any atom is 0.336 e. The Labute approximate surface area is 80.0 Å². The lowest BCUT2D eigenvalue weighted by molar-refractivity contribution is 0.101.